The molecular weight excluding hydrogens is 380 g/mol. The molecule has 0 atom stereocenters. The van der Waals surface area contributed by atoms with E-state index in [1.165, 1.54) is 16.7 Å². The fraction of sp³-hybridized carbons (Fsp3) is 0.368. The van der Waals surface area contributed by atoms with Gasteiger partial charge in [-0.3, -0.25) is 4.31 Å². The molecular formula is C19H24N4O4S. The highest BCUT2D eigenvalue weighted by atomic mass is 32.2. The third-order valence-electron chi connectivity index (χ3n) is 4.06. The number of hydrogen-bond acceptors (Lipinski definition) is 4. The number of aromatic amines is 1. The maximum absolute atomic E-state index is 12.0. The van der Waals surface area contributed by atoms with E-state index in [9.17, 15) is 13.2 Å². The molecule has 2 heterocycles. The monoisotopic (exact) mass is 404 g/mol. The molecule has 1 aliphatic heterocycles. The van der Waals surface area contributed by atoms with Gasteiger partial charge in [0.25, 0.3) is 0 Å². The quantitative estimate of drug-likeness (QED) is 0.799. The fourth-order valence-electron chi connectivity index (χ4n) is 2.84. The van der Waals surface area contributed by atoms with Crippen molar-refractivity contribution in [2.24, 2.45) is 4.40 Å². The molecule has 8 nitrogen and oxygen atoms in total. The van der Waals surface area contributed by atoms with Crippen LogP contribution in [0.4, 0.5) is 4.79 Å². The van der Waals surface area contributed by atoms with E-state index in [2.05, 4.69) is 14.7 Å². The Balaban J connectivity index is 1.68. The van der Waals surface area contributed by atoms with Crippen LogP contribution in [0.3, 0.4) is 0 Å². The lowest BCUT2D eigenvalue weighted by atomic mass is 10.1. The first kappa shape index (κ1) is 19.9. The molecule has 3 rings (SSSR count). The molecule has 0 aliphatic carbocycles. The van der Waals surface area contributed by atoms with Gasteiger partial charge in [-0.1, -0.05) is 6.07 Å². The number of nitrogens with zero attached hydrogens (tertiary/aromatic N) is 2. The van der Waals surface area contributed by atoms with Crippen molar-refractivity contribution in [2.45, 2.75) is 39.3 Å². The predicted molar refractivity (Wildman–Crippen MR) is 108 cm³/mol. The van der Waals surface area contributed by atoms with E-state index in [0.717, 1.165) is 22.0 Å². The first-order valence-electron chi connectivity index (χ1n) is 8.94. The molecule has 2 aromatic rings. The van der Waals surface area contributed by atoms with Gasteiger partial charge in [0.15, 0.2) is 0 Å². The van der Waals surface area contributed by atoms with Crippen LogP contribution in [0.5, 0.6) is 0 Å². The Morgan fingerprint density at radius 3 is 2.82 bits per heavy atom. The first-order chi connectivity index (χ1) is 13.1. The third kappa shape index (κ3) is 4.92. The summed E-state index contributed by atoms with van der Waals surface area (Å²) in [6.45, 7) is 6.08. The summed E-state index contributed by atoms with van der Waals surface area (Å²) in [6.07, 6.45) is 6.41. The van der Waals surface area contributed by atoms with Gasteiger partial charge in [-0.05, 0) is 56.5 Å². The fourth-order valence-corrected chi connectivity index (χ4v) is 3.72. The van der Waals surface area contributed by atoms with Crippen LogP contribution in [-0.2, 0) is 27.9 Å². The Morgan fingerprint density at radius 2 is 2.11 bits per heavy atom. The maximum atomic E-state index is 12.0. The topological polar surface area (TPSA) is 104 Å². The van der Waals surface area contributed by atoms with Crippen LogP contribution in [-0.4, -0.2) is 42.2 Å². The highest BCUT2D eigenvalue weighted by Gasteiger charge is 2.19. The van der Waals surface area contributed by atoms with Crippen molar-refractivity contribution >= 4 is 33.4 Å². The molecule has 150 valence electrons. The molecule has 1 aliphatic rings. The molecule has 1 aromatic heterocycles. The summed E-state index contributed by atoms with van der Waals surface area (Å²) in [4.78, 5) is 15.0. The average Bonchev–Trinajstić information content (AvgIpc) is 2.98. The van der Waals surface area contributed by atoms with Crippen LogP contribution in [0.1, 0.15) is 31.9 Å². The highest BCUT2D eigenvalue weighted by Crippen LogP contribution is 2.22. The van der Waals surface area contributed by atoms with E-state index in [1.54, 1.807) is 6.08 Å². The Bertz CT molecular complexity index is 1030. The van der Waals surface area contributed by atoms with Gasteiger partial charge in [-0.2, -0.15) is 12.8 Å². The zero-order valence-electron chi connectivity index (χ0n) is 16.1. The SMILES string of the molecule is CC(C)(C)OC(=O)NCCc1c[nH]c2ccc(CN3C=CC=NS3(=O)=O)cc12. The minimum absolute atomic E-state index is 0.201. The van der Waals surface area contributed by atoms with Crippen molar-refractivity contribution in [2.75, 3.05) is 6.54 Å². The van der Waals surface area contributed by atoms with E-state index in [1.807, 2.05) is 45.2 Å². The maximum Gasteiger partial charge on any atom is 0.407 e. The highest BCUT2D eigenvalue weighted by molar-refractivity contribution is 7.88. The summed E-state index contributed by atoms with van der Waals surface area (Å²) in [7, 11) is -3.66. The zero-order valence-corrected chi connectivity index (χ0v) is 16.9. The summed E-state index contributed by atoms with van der Waals surface area (Å²) in [5, 5.41) is 3.74. The number of carbonyl (C=O) groups excluding carboxylic acids is 1. The van der Waals surface area contributed by atoms with Crippen LogP contribution in [0, 0.1) is 0 Å². The number of aromatic nitrogens is 1. The Morgan fingerprint density at radius 1 is 1.32 bits per heavy atom. The molecule has 2 N–H and O–H groups in total. The average molecular weight is 404 g/mol. The van der Waals surface area contributed by atoms with Crippen LogP contribution in [0.15, 0.2) is 41.1 Å². The van der Waals surface area contributed by atoms with E-state index in [-0.39, 0.29) is 6.54 Å². The van der Waals surface area contributed by atoms with Gasteiger partial charge in [0, 0.05) is 36.1 Å². The lowest BCUT2D eigenvalue weighted by Gasteiger charge is -2.19. The number of allylic oxidation sites excluding steroid dienone is 1. The summed E-state index contributed by atoms with van der Waals surface area (Å²) in [6, 6.07) is 5.75. The van der Waals surface area contributed by atoms with Gasteiger partial charge in [-0.15, -0.1) is 0 Å². The molecule has 9 heteroatoms. The van der Waals surface area contributed by atoms with Crippen molar-refractivity contribution in [3.8, 4) is 0 Å². The minimum Gasteiger partial charge on any atom is -0.444 e. The lowest BCUT2D eigenvalue weighted by Crippen LogP contribution is -2.33. The zero-order chi connectivity index (χ0) is 20.4. The molecule has 0 saturated carbocycles. The largest absolute Gasteiger partial charge is 0.444 e. The third-order valence-corrected chi connectivity index (χ3v) is 5.29. The number of H-pyrrole nitrogens is 1. The van der Waals surface area contributed by atoms with Crippen LogP contribution in [0.25, 0.3) is 10.9 Å². The number of rotatable bonds is 5. The predicted octanol–water partition coefficient (Wildman–Crippen LogP) is 2.88. The molecule has 0 radical (unpaired) electrons. The number of benzene rings is 1. The van der Waals surface area contributed by atoms with E-state index < -0.39 is 21.9 Å². The van der Waals surface area contributed by atoms with Crippen molar-refractivity contribution < 1.29 is 17.9 Å². The molecule has 0 bridgehead atoms. The van der Waals surface area contributed by atoms with Gasteiger partial charge in [-0.25, -0.2) is 4.79 Å². The van der Waals surface area contributed by atoms with Gasteiger partial charge in [0.1, 0.15) is 5.60 Å². The van der Waals surface area contributed by atoms with Gasteiger partial charge in [0.05, 0.1) is 6.54 Å². The smallest absolute Gasteiger partial charge is 0.407 e. The van der Waals surface area contributed by atoms with Gasteiger partial charge in [0.2, 0.25) is 0 Å². The van der Waals surface area contributed by atoms with Crippen molar-refractivity contribution in [1.29, 1.82) is 0 Å². The first-order valence-corrected chi connectivity index (χ1v) is 10.3. The summed E-state index contributed by atoms with van der Waals surface area (Å²) in [5.41, 5.74) is 2.29. The summed E-state index contributed by atoms with van der Waals surface area (Å²) in [5.74, 6) is 0. The van der Waals surface area contributed by atoms with Crippen molar-refractivity contribution in [3.05, 3.63) is 47.8 Å². The number of nitrogens with one attached hydrogen (secondary N) is 2. The summed E-state index contributed by atoms with van der Waals surface area (Å²) >= 11 is 0. The number of alkyl carbamates (subject to hydrolysis) is 1. The Hall–Kier alpha value is -2.81. The number of amides is 1. The van der Waals surface area contributed by atoms with Crippen LogP contribution < -0.4 is 5.32 Å². The lowest BCUT2D eigenvalue weighted by molar-refractivity contribution is 0.0528. The molecule has 0 saturated heterocycles. The number of carbonyl (C=O) groups is 1. The second kappa shape index (κ2) is 7.67. The van der Waals surface area contributed by atoms with Crippen molar-refractivity contribution in [3.63, 3.8) is 0 Å². The number of hydrogen-bond donors (Lipinski definition) is 2. The molecule has 0 spiro atoms. The number of fused-ring (bicyclic) bond motifs is 1. The van der Waals surface area contributed by atoms with E-state index in [4.69, 9.17) is 4.74 Å². The molecule has 28 heavy (non-hydrogen) atoms. The second-order valence-electron chi connectivity index (χ2n) is 7.49. The van der Waals surface area contributed by atoms with E-state index >= 15 is 0 Å². The Labute approximate surface area is 164 Å². The van der Waals surface area contributed by atoms with Gasteiger partial charge >= 0.3 is 16.3 Å². The summed E-state index contributed by atoms with van der Waals surface area (Å²) < 4.78 is 33.9. The minimum atomic E-state index is -3.66. The molecule has 1 amide bonds. The van der Waals surface area contributed by atoms with Gasteiger partial charge < -0.3 is 15.0 Å². The molecule has 0 fully saturated rings. The second-order valence-corrected chi connectivity index (χ2v) is 9.07. The van der Waals surface area contributed by atoms with Crippen LogP contribution >= 0.6 is 0 Å². The van der Waals surface area contributed by atoms with Crippen molar-refractivity contribution in [1.82, 2.24) is 14.6 Å². The number of ether oxygens (including phenoxy) is 1. The molecule has 0 unspecified atom stereocenters. The normalized spacial score (nSPS) is 15.8. The standard InChI is InChI=1S/C19H24N4O4S/c1-19(2,3)27-18(24)20-9-7-15-12-21-17-6-5-14(11-16(15)17)13-23-10-4-8-22-28(23,25)26/h4-6,8,10-12,21H,7,9,13H2,1-3H3,(H,20,24). The Kier molecular flexibility index (Phi) is 5.46. The van der Waals surface area contributed by atoms with Crippen LogP contribution in [0.2, 0.25) is 0 Å². The molecule has 1 aromatic carbocycles. The van der Waals surface area contributed by atoms with E-state index in [0.29, 0.717) is 13.0 Å².